The number of aliphatic carboxylic acids is 1. The molecule has 0 unspecified atom stereocenters. The van der Waals surface area contributed by atoms with Gasteiger partial charge in [-0.2, -0.15) is 0 Å². The molecule has 0 spiro atoms. The van der Waals surface area contributed by atoms with Crippen LogP contribution >= 0.6 is 0 Å². The molecule has 1 aromatic carbocycles. The minimum absolute atomic E-state index is 0.464. The fourth-order valence-corrected chi connectivity index (χ4v) is 3.95. The van der Waals surface area contributed by atoms with Gasteiger partial charge in [-0.3, -0.25) is 9.78 Å². The van der Waals surface area contributed by atoms with E-state index < -0.39 is 11.4 Å². The highest BCUT2D eigenvalue weighted by molar-refractivity contribution is 5.74. The van der Waals surface area contributed by atoms with E-state index in [9.17, 15) is 9.90 Å². The fraction of sp³-hybridized carbons (Fsp3) is 0.360. The molecule has 0 atom stereocenters. The van der Waals surface area contributed by atoms with E-state index in [-0.39, 0.29) is 0 Å². The summed E-state index contributed by atoms with van der Waals surface area (Å²) in [6.07, 6.45) is 9.38. The molecule has 0 aliphatic carbocycles. The Labute approximate surface area is 188 Å². The Morgan fingerprint density at radius 1 is 1.06 bits per heavy atom. The van der Waals surface area contributed by atoms with Crippen LogP contribution in [0.15, 0.2) is 55.0 Å². The van der Waals surface area contributed by atoms with Crippen LogP contribution in [0.25, 0.3) is 11.1 Å². The molecule has 32 heavy (non-hydrogen) atoms. The Bertz CT molecular complexity index is 1090. The molecule has 166 valence electrons. The van der Waals surface area contributed by atoms with Gasteiger partial charge >= 0.3 is 5.97 Å². The number of nitrogens with zero attached hydrogens (tertiary/aromatic N) is 4. The van der Waals surface area contributed by atoms with Gasteiger partial charge in [0.05, 0.1) is 17.8 Å². The van der Waals surface area contributed by atoms with Crippen molar-refractivity contribution in [2.45, 2.75) is 39.5 Å². The highest BCUT2D eigenvalue weighted by atomic mass is 16.4. The molecular weight excluding hydrogens is 402 g/mol. The summed E-state index contributed by atoms with van der Waals surface area (Å²) in [6, 6.07) is 11.9. The summed E-state index contributed by atoms with van der Waals surface area (Å²) in [5.41, 5.74) is 2.18. The molecule has 0 bridgehead atoms. The third kappa shape index (κ3) is 5.22. The minimum atomic E-state index is -0.818. The zero-order valence-corrected chi connectivity index (χ0v) is 18.6. The van der Waals surface area contributed by atoms with Crippen molar-refractivity contribution < 1.29 is 9.90 Å². The minimum Gasteiger partial charge on any atom is -0.481 e. The van der Waals surface area contributed by atoms with Crippen LogP contribution in [-0.2, 0) is 11.2 Å². The van der Waals surface area contributed by atoms with Gasteiger partial charge in [0.15, 0.2) is 5.82 Å². The Hall–Kier alpha value is -3.48. The van der Waals surface area contributed by atoms with Gasteiger partial charge in [0.25, 0.3) is 0 Å². The van der Waals surface area contributed by atoms with Gasteiger partial charge in [-0.15, -0.1) is 0 Å². The summed E-state index contributed by atoms with van der Waals surface area (Å²) < 4.78 is 0. The fourth-order valence-electron chi connectivity index (χ4n) is 3.95. The van der Waals surface area contributed by atoms with Crippen LogP contribution in [0, 0.1) is 5.41 Å². The molecule has 7 nitrogen and oxygen atoms in total. The summed E-state index contributed by atoms with van der Waals surface area (Å²) in [5, 5.41) is 12.7. The lowest BCUT2D eigenvalue weighted by molar-refractivity contribution is -0.146. The normalized spacial score (nSPS) is 14.2. The van der Waals surface area contributed by atoms with Crippen LogP contribution in [0.4, 0.5) is 17.5 Å². The number of aromatic nitrogens is 3. The predicted molar refractivity (Wildman–Crippen MR) is 126 cm³/mol. The predicted octanol–water partition coefficient (Wildman–Crippen LogP) is 4.93. The van der Waals surface area contributed by atoms with Crippen LogP contribution in [0.2, 0.25) is 0 Å². The molecule has 2 N–H and O–H groups in total. The van der Waals surface area contributed by atoms with Crippen molar-refractivity contribution in [1.82, 2.24) is 15.0 Å². The van der Waals surface area contributed by atoms with E-state index >= 15 is 0 Å². The molecule has 0 radical (unpaired) electrons. The van der Waals surface area contributed by atoms with E-state index in [2.05, 4.69) is 20.2 Å². The first-order valence-electron chi connectivity index (χ1n) is 11.0. The number of rotatable bonds is 7. The third-order valence-electron chi connectivity index (χ3n) is 5.80. The lowest BCUT2D eigenvalue weighted by atomic mass is 9.85. The first-order chi connectivity index (χ1) is 15.4. The van der Waals surface area contributed by atoms with E-state index in [1.807, 2.05) is 42.6 Å². The number of pyridine rings is 1. The molecule has 0 amide bonds. The van der Waals surface area contributed by atoms with Gasteiger partial charge in [-0.1, -0.05) is 24.3 Å². The molecule has 1 aliphatic heterocycles. The maximum atomic E-state index is 11.5. The van der Waals surface area contributed by atoms with Crippen molar-refractivity contribution in [3.8, 4) is 11.1 Å². The average Bonchev–Trinajstić information content (AvgIpc) is 2.80. The van der Waals surface area contributed by atoms with Crippen molar-refractivity contribution in [2.75, 3.05) is 23.3 Å². The molecule has 0 saturated carbocycles. The summed E-state index contributed by atoms with van der Waals surface area (Å²) >= 11 is 0. The molecule has 4 rings (SSSR count). The number of piperidine rings is 1. The molecule has 1 fully saturated rings. The van der Waals surface area contributed by atoms with Gasteiger partial charge in [0, 0.05) is 19.3 Å². The lowest BCUT2D eigenvalue weighted by Crippen LogP contribution is -2.30. The van der Waals surface area contributed by atoms with Gasteiger partial charge < -0.3 is 15.3 Å². The van der Waals surface area contributed by atoms with Crippen molar-refractivity contribution in [3.05, 3.63) is 60.6 Å². The summed E-state index contributed by atoms with van der Waals surface area (Å²) in [4.78, 5) is 27.3. The van der Waals surface area contributed by atoms with Crippen molar-refractivity contribution >= 4 is 23.4 Å². The van der Waals surface area contributed by atoms with E-state index in [1.165, 1.54) is 19.3 Å². The number of carboxylic acid groups (broad SMARTS) is 1. The Morgan fingerprint density at radius 3 is 2.62 bits per heavy atom. The van der Waals surface area contributed by atoms with E-state index in [4.69, 9.17) is 4.98 Å². The van der Waals surface area contributed by atoms with E-state index in [0.29, 0.717) is 18.1 Å². The number of benzene rings is 1. The number of anilines is 3. The second-order valence-electron chi connectivity index (χ2n) is 8.93. The zero-order chi connectivity index (χ0) is 22.6. The van der Waals surface area contributed by atoms with Gasteiger partial charge in [0.2, 0.25) is 0 Å². The van der Waals surface area contributed by atoms with Gasteiger partial charge in [-0.05, 0) is 68.4 Å². The molecule has 3 heterocycles. The first kappa shape index (κ1) is 21.7. The Balaban J connectivity index is 1.52. The van der Waals surface area contributed by atoms with E-state index in [1.54, 1.807) is 26.2 Å². The number of hydrogen-bond donors (Lipinski definition) is 2. The van der Waals surface area contributed by atoms with Crippen LogP contribution in [-0.4, -0.2) is 39.1 Å². The third-order valence-corrected chi connectivity index (χ3v) is 5.80. The zero-order valence-electron chi connectivity index (χ0n) is 18.6. The van der Waals surface area contributed by atoms with Crippen molar-refractivity contribution in [3.63, 3.8) is 0 Å². The highest BCUT2D eigenvalue weighted by Gasteiger charge is 2.27. The summed E-state index contributed by atoms with van der Waals surface area (Å²) in [7, 11) is 0. The smallest absolute Gasteiger partial charge is 0.309 e. The number of carbonyl (C=O) groups is 1. The number of nitrogens with one attached hydrogen (secondary N) is 1. The second-order valence-corrected chi connectivity index (χ2v) is 8.93. The van der Waals surface area contributed by atoms with Crippen LogP contribution < -0.4 is 10.2 Å². The Kier molecular flexibility index (Phi) is 6.35. The molecule has 7 heteroatoms. The Morgan fingerprint density at radius 2 is 1.84 bits per heavy atom. The molecule has 3 aromatic rings. The van der Waals surface area contributed by atoms with Gasteiger partial charge in [0.1, 0.15) is 11.6 Å². The largest absolute Gasteiger partial charge is 0.481 e. The topological polar surface area (TPSA) is 91.2 Å². The number of hydrogen-bond acceptors (Lipinski definition) is 6. The maximum Gasteiger partial charge on any atom is 0.309 e. The SMILES string of the molecule is CC(C)(Cc1cccc(-c2ccnc(Nc3cncc(N4CCCCC4)n3)c2)c1)C(=O)O. The summed E-state index contributed by atoms with van der Waals surface area (Å²) in [6.45, 7) is 5.52. The average molecular weight is 432 g/mol. The molecule has 1 saturated heterocycles. The van der Waals surface area contributed by atoms with Crippen LogP contribution in [0.3, 0.4) is 0 Å². The van der Waals surface area contributed by atoms with Gasteiger partial charge in [-0.25, -0.2) is 9.97 Å². The van der Waals surface area contributed by atoms with Crippen LogP contribution in [0.1, 0.15) is 38.7 Å². The monoisotopic (exact) mass is 431 g/mol. The second kappa shape index (κ2) is 9.34. The standard InChI is InChI=1S/C25H29N5O2/c1-25(2,24(31)32)15-18-7-6-8-19(13-18)20-9-10-27-21(14-20)28-22-16-26-17-23(29-22)30-11-4-3-5-12-30/h6-10,13-14,16-17H,3-5,11-12,15H2,1-2H3,(H,31,32)(H,27,28,29). The first-order valence-corrected chi connectivity index (χ1v) is 11.0. The van der Waals surface area contributed by atoms with Crippen molar-refractivity contribution in [2.24, 2.45) is 5.41 Å². The molecular formula is C25H29N5O2. The number of carboxylic acids is 1. The maximum absolute atomic E-state index is 11.5. The van der Waals surface area contributed by atoms with Crippen LogP contribution in [0.5, 0.6) is 0 Å². The highest BCUT2D eigenvalue weighted by Crippen LogP contribution is 2.28. The summed E-state index contributed by atoms with van der Waals surface area (Å²) in [5.74, 6) is 1.43. The molecule has 2 aromatic heterocycles. The van der Waals surface area contributed by atoms with E-state index in [0.717, 1.165) is 35.6 Å². The van der Waals surface area contributed by atoms with Crippen molar-refractivity contribution in [1.29, 1.82) is 0 Å². The lowest BCUT2D eigenvalue weighted by Gasteiger charge is -2.27. The molecule has 1 aliphatic rings. The quantitative estimate of drug-likeness (QED) is 0.548.